The van der Waals surface area contributed by atoms with Crippen LogP contribution in [0.25, 0.3) is 0 Å². The Kier molecular flexibility index (Phi) is 3.43. The van der Waals surface area contributed by atoms with Crippen molar-refractivity contribution in [3.63, 3.8) is 0 Å². The van der Waals surface area contributed by atoms with Gasteiger partial charge in [0.2, 0.25) is 0 Å². The first kappa shape index (κ1) is 10.5. The molecular formula is C8H2N4S2. The van der Waals surface area contributed by atoms with Crippen molar-refractivity contribution >= 4 is 23.5 Å². The second-order valence-electron chi connectivity index (χ2n) is 2.22. The molecule has 1 rings (SSSR count). The van der Waals surface area contributed by atoms with Gasteiger partial charge in [-0.1, -0.05) is 23.5 Å². The second-order valence-corrected chi connectivity index (χ2v) is 4.52. The van der Waals surface area contributed by atoms with Gasteiger partial charge in [0.1, 0.15) is 32.4 Å². The highest BCUT2D eigenvalue weighted by Gasteiger charge is 2.32. The van der Waals surface area contributed by atoms with Gasteiger partial charge in [-0.15, -0.1) is 0 Å². The summed E-state index contributed by atoms with van der Waals surface area (Å²) in [7, 11) is 0. The van der Waals surface area contributed by atoms with Crippen molar-refractivity contribution in [2.24, 2.45) is 0 Å². The third-order valence-corrected chi connectivity index (χ3v) is 4.06. The highest BCUT2D eigenvalue weighted by atomic mass is 32.2. The number of nitriles is 4. The van der Waals surface area contributed by atoms with Crippen LogP contribution in [0.2, 0.25) is 0 Å². The maximum atomic E-state index is 8.71. The average molecular weight is 218 g/mol. The fraction of sp³-hybridized carbons (Fsp3) is 0.250. The van der Waals surface area contributed by atoms with Crippen LogP contribution in [0.4, 0.5) is 0 Å². The maximum absolute atomic E-state index is 8.71. The van der Waals surface area contributed by atoms with E-state index in [2.05, 4.69) is 0 Å². The molecule has 1 aliphatic heterocycles. The zero-order valence-corrected chi connectivity index (χ0v) is 8.39. The van der Waals surface area contributed by atoms with E-state index in [9.17, 15) is 0 Å². The van der Waals surface area contributed by atoms with Gasteiger partial charge in [0, 0.05) is 0 Å². The zero-order chi connectivity index (χ0) is 10.6. The zero-order valence-electron chi connectivity index (χ0n) is 6.76. The van der Waals surface area contributed by atoms with Gasteiger partial charge in [-0.05, 0) is 0 Å². The molecule has 0 spiro atoms. The Bertz CT molecular complexity index is 398. The number of nitrogens with zero attached hydrogens (tertiary/aromatic N) is 4. The SMILES string of the molecule is N#CC1=C(C#N)SC(C#N)C(C#N)S1. The fourth-order valence-electron chi connectivity index (χ4n) is 0.827. The number of thioether (sulfide) groups is 2. The molecular weight excluding hydrogens is 216 g/mol. The molecule has 0 aliphatic carbocycles. The van der Waals surface area contributed by atoms with E-state index in [4.69, 9.17) is 21.0 Å². The number of allylic oxidation sites excluding steroid dienone is 2. The summed E-state index contributed by atoms with van der Waals surface area (Å²) in [6.07, 6.45) is 0. The van der Waals surface area contributed by atoms with E-state index in [-0.39, 0.29) is 9.81 Å². The predicted octanol–water partition coefficient (Wildman–Crippen LogP) is 1.51. The Morgan fingerprint density at radius 3 is 1.36 bits per heavy atom. The summed E-state index contributed by atoms with van der Waals surface area (Å²) in [6, 6.07) is 7.58. The monoisotopic (exact) mass is 218 g/mol. The molecule has 0 N–H and O–H groups in total. The number of rotatable bonds is 0. The first-order valence-electron chi connectivity index (χ1n) is 3.43. The maximum Gasteiger partial charge on any atom is 0.122 e. The first-order valence-corrected chi connectivity index (χ1v) is 5.19. The van der Waals surface area contributed by atoms with E-state index in [0.29, 0.717) is 0 Å². The predicted molar refractivity (Wildman–Crippen MR) is 52.2 cm³/mol. The fourth-order valence-corrected chi connectivity index (χ4v) is 2.84. The molecule has 14 heavy (non-hydrogen) atoms. The summed E-state index contributed by atoms with van der Waals surface area (Å²) >= 11 is 1.98. The van der Waals surface area contributed by atoms with Gasteiger partial charge >= 0.3 is 0 Å². The van der Waals surface area contributed by atoms with Gasteiger partial charge in [-0.2, -0.15) is 21.0 Å². The summed E-state index contributed by atoms with van der Waals surface area (Å²) in [6.45, 7) is 0. The molecule has 0 saturated carbocycles. The molecule has 0 aromatic heterocycles. The second kappa shape index (κ2) is 4.58. The highest BCUT2D eigenvalue weighted by Crippen LogP contribution is 2.41. The molecule has 0 aromatic rings. The van der Waals surface area contributed by atoms with Crippen molar-refractivity contribution in [2.75, 3.05) is 0 Å². The van der Waals surface area contributed by atoms with Crippen LogP contribution in [0.1, 0.15) is 0 Å². The molecule has 6 heteroatoms. The molecule has 0 radical (unpaired) electrons. The van der Waals surface area contributed by atoms with Gasteiger partial charge in [-0.3, -0.25) is 0 Å². The standard InChI is InChI=1S/C8H2N4S2/c9-1-5-6(2-10)14-8(4-12)7(3-11)13-5/h5-6H. The summed E-state index contributed by atoms with van der Waals surface area (Å²) in [5, 5.41) is 33.6. The lowest BCUT2D eigenvalue weighted by Crippen LogP contribution is -2.20. The van der Waals surface area contributed by atoms with Crippen LogP contribution in [-0.4, -0.2) is 10.5 Å². The van der Waals surface area contributed by atoms with Crippen molar-refractivity contribution in [1.29, 1.82) is 21.0 Å². The quantitative estimate of drug-likeness (QED) is 0.611. The number of hydrogen-bond acceptors (Lipinski definition) is 6. The molecule has 0 bridgehead atoms. The third kappa shape index (κ3) is 1.83. The Morgan fingerprint density at radius 2 is 1.14 bits per heavy atom. The lowest BCUT2D eigenvalue weighted by molar-refractivity contribution is 1.11. The Labute approximate surface area is 89.4 Å². The molecule has 0 aromatic carbocycles. The lowest BCUT2D eigenvalue weighted by Gasteiger charge is -2.19. The van der Waals surface area contributed by atoms with Gasteiger partial charge in [-0.25, -0.2) is 0 Å². The largest absolute Gasteiger partial charge is 0.197 e. The van der Waals surface area contributed by atoms with Crippen molar-refractivity contribution < 1.29 is 0 Å². The molecule has 0 fully saturated rings. The van der Waals surface area contributed by atoms with Crippen molar-refractivity contribution in [3.8, 4) is 24.3 Å². The third-order valence-electron chi connectivity index (χ3n) is 1.43. The van der Waals surface area contributed by atoms with Crippen LogP contribution in [0.15, 0.2) is 9.81 Å². The normalized spacial score (nSPS) is 25.4. The van der Waals surface area contributed by atoms with Crippen LogP contribution in [-0.2, 0) is 0 Å². The molecule has 2 unspecified atom stereocenters. The molecule has 0 saturated heterocycles. The van der Waals surface area contributed by atoms with Gasteiger partial charge in [0.25, 0.3) is 0 Å². The smallest absolute Gasteiger partial charge is 0.122 e. The molecule has 66 valence electrons. The first-order chi connectivity index (χ1) is 6.76. The highest BCUT2D eigenvalue weighted by molar-refractivity contribution is 8.11. The molecule has 2 atom stereocenters. The van der Waals surface area contributed by atoms with Crippen LogP contribution < -0.4 is 0 Å². The van der Waals surface area contributed by atoms with Crippen LogP contribution in [0, 0.1) is 45.3 Å². The minimum atomic E-state index is -0.572. The van der Waals surface area contributed by atoms with E-state index in [1.54, 1.807) is 0 Å². The van der Waals surface area contributed by atoms with Gasteiger partial charge in [0.15, 0.2) is 0 Å². The molecule has 4 nitrogen and oxygen atoms in total. The minimum absolute atomic E-state index is 0.232. The van der Waals surface area contributed by atoms with Crippen molar-refractivity contribution in [3.05, 3.63) is 9.81 Å². The van der Waals surface area contributed by atoms with Crippen LogP contribution in [0.3, 0.4) is 0 Å². The van der Waals surface area contributed by atoms with Gasteiger partial charge < -0.3 is 0 Å². The summed E-state index contributed by atoms with van der Waals surface area (Å²) in [4.78, 5) is 0.464. The van der Waals surface area contributed by atoms with Gasteiger partial charge in [0.05, 0.1) is 12.1 Å². The Hall–Kier alpha value is -1.60. The van der Waals surface area contributed by atoms with E-state index >= 15 is 0 Å². The van der Waals surface area contributed by atoms with Crippen LogP contribution in [0.5, 0.6) is 0 Å². The van der Waals surface area contributed by atoms with E-state index < -0.39 is 10.5 Å². The van der Waals surface area contributed by atoms with Crippen molar-refractivity contribution in [1.82, 2.24) is 0 Å². The molecule has 1 aliphatic rings. The molecule has 1 heterocycles. The van der Waals surface area contributed by atoms with E-state index in [1.807, 2.05) is 24.3 Å². The summed E-state index contributed by atoms with van der Waals surface area (Å²) in [5.41, 5.74) is 0. The average Bonchev–Trinajstić information content (AvgIpc) is 2.26. The Balaban J connectivity index is 3.07. The lowest BCUT2D eigenvalue weighted by atomic mass is 10.3. The summed E-state index contributed by atoms with van der Waals surface area (Å²) in [5.74, 6) is 0. The summed E-state index contributed by atoms with van der Waals surface area (Å²) < 4.78 is 0. The van der Waals surface area contributed by atoms with E-state index in [0.717, 1.165) is 23.5 Å². The minimum Gasteiger partial charge on any atom is -0.197 e. The Morgan fingerprint density at radius 1 is 0.786 bits per heavy atom. The topological polar surface area (TPSA) is 95.2 Å². The van der Waals surface area contributed by atoms with E-state index in [1.165, 1.54) is 0 Å². The molecule has 0 amide bonds. The number of hydrogen-bond donors (Lipinski definition) is 0. The van der Waals surface area contributed by atoms with Crippen molar-refractivity contribution in [2.45, 2.75) is 10.5 Å². The van der Waals surface area contributed by atoms with Crippen LogP contribution >= 0.6 is 23.5 Å².